The molecular weight excluding hydrogens is 260 g/mol. The van der Waals surface area contributed by atoms with Crippen LogP contribution in [0.4, 0.5) is 4.79 Å². The Kier molecular flexibility index (Phi) is 4.82. The van der Waals surface area contributed by atoms with E-state index in [4.69, 9.17) is 10.5 Å². The first-order valence-corrected chi connectivity index (χ1v) is 7.23. The molecule has 0 aromatic carbocycles. The molecule has 0 aromatic rings. The molecule has 0 radical (unpaired) electrons. The van der Waals surface area contributed by atoms with E-state index in [1.807, 2.05) is 4.90 Å². The van der Waals surface area contributed by atoms with Crippen LogP contribution in [0.15, 0.2) is 0 Å². The van der Waals surface area contributed by atoms with Crippen molar-refractivity contribution in [2.24, 2.45) is 5.73 Å². The molecule has 2 aliphatic heterocycles. The van der Waals surface area contributed by atoms with Gasteiger partial charge in [-0.3, -0.25) is 4.79 Å². The molecule has 2 heterocycles. The number of likely N-dealkylation sites (N-methyl/N-ethyl adjacent to an activating group) is 1. The second-order valence-corrected chi connectivity index (χ2v) is 5.42. The number of fused-ring (bicyclic) bond motifs is 1. The lowest BCUT2D eigenvalue weighted by Crippen LogP contribution is -2.63. The molecule has 0 saturated carbocycles. The van der Waals surface area contributed by atoms with Crippen LogP contribution in [0, 0.1) is 0 Å². The van der Waals surface area contributed by atoms with E-state index in [1.54, 1.807) is 6.92 Å². The zero-order chi connectivity index (χ0) is 14.7. The van der Waals surface area contributed by atoms with Crippen molar-refractivity contribution in [2.45, 2.75) is 38.5 Å². The third kappa shape index (κ3) is 3.21. The van der Waals surface area contributed by atoms with Gasteiger partial charge in [0.15, 0.2) is 0 Å². The maximum Gasteiger partial charge on any atom is 0.312 e. The predicted octanol–water partition coefficient (Wildman–Crippen LogP) is -0.635. The first-order valence-electron chi connectivity index (χ1n) is 7.23. The summed E-state index contributed by atoms with van der Waals surface area (Å²) < 4.78 is 5.78. The molecule has 2 aliphatic rings. The summed E-state index contributed by atoms with van der Waals surface area (Å²) in [4.78, 5) is 27.5. The second kappa shape index (κ2) is 6.41. The lowest BCUT2D eigenvalue weighted by Gasteiger charge is -2.47. The number of amides is 3. The number of urea groups is 1. The summed E-state index contributed by atoms with van der Waals surface area (Å²) in [6.45, 7) is 7.72. The monoisotopic (exact) mass is 284 g/mol. The number of ether oxygens (including phenoxy) is 1. The number of carbonyl (C=O) groups excluding carboxylic acids is 2. The third-order valence-corrected chi connectivity index (χ3v) is 4.13. The normalized spacial score (nSPS) is 28.6. The van der Waals surface area contributed by atoms with Crippen molar-refractivity contribution in [3.63, 3.8) is 0 Å². The number of hydrogen-bond donors (Lipinski definition) is 2. The predicted molar refractivity (Wildman–Crippen MR) is 74.2 cm³/mol. The first-order chi connectivity index (χ1) is 9.52. The summed E-state index contributed by atoms with van der Waals surface area (Å²) in [6, 6.07) is -1.19. The van der Waals surface area contributed by atoms with E-state index < -0.39 is 12.1 Å². The highest BCUT2D eigenvalue weighted by Crippen LogP contribution is 2.23. The van der Waals surface area contributed by atoms with Crippen molar-refractivity contribution < 1.29 is 14.3 Å². The summed E-state index contributed by atoms with van der Waals surface area (Å²) in [5.41, 5.74) is 5.08. The van der Waals surface area contributed by atoms with Crippen molar-refractivity contribution in [2.75, 3.05) is 32.8 Å². The summed E-state index contributed by atoms with van der Waals surface area (Å²) in [7, 11) is 0. The minimum absolute atomic E-state index is 0.0714. The van der Waals surface area contributed by atoms with Gasteiger partial charge in [-0.25, -0.2) is 4.79 Å². The van der Waals surface area contributed by atoms with Gasteiger partial charge in [-0.2, -0.15) is 0 Å². The topological polar surface area (TPSA) is 87.9 Å². The fraction of sp³-hybridized carbons (Fsp3) is 0.846. The first kappa shape index (κ1) is 15.1. The summed E-state index contributed by atoms with van der Waals surface area (Å²) >= 11 is 0. The number of primary amides is 1. The van der Waals surface area contributed by atoms with E-state index in [2.05, 4.69) is 17.1 Å². The van der Waals surface area contributed by atoms with Crippen LogP contribution >= 0.6 is 0 Å². The largest absolute Gasteiger partial charge is 0.374 e. The Labute approximate surface area is 119 Å². The van der Waals surface area contributed by atoms with E-state index in [-0.39, 0.29) is 18.1 Å². The van der Waals surface area contributed by atoms with Crippen LogP contribution in [0.25, 0.3) is 0 Å². The third-order valence-electron chi connectivity index (χ3n) is 4.13. The molecule has 7 nitrogen and oxygen atoms in total. The van der Waals surface area contributed by atoms with Crippen molar-refractivity contribution in [1.29, 1.82) is 0 Å². The number of nitrogens with one attached hydrogen (secondary N) is 1. The number of piperidine rings is 1. The number of nitrogens with zero attached hydrogens (tertiary/aromatic N) is 2. The van der Waals surface area contributed by atoms with E-state index in [9.17, 15) is 9.59 Å². The highest BCUT2D eigenvalue weighted by atomic mass is 16.5. The van der Waals surface area contributed by atoms with Gasteiger partial charge in [-0.1, -0.05) is 6.92 Å². The molecule has 7 heteroatoms. The molecule has 3 amide bonds. The van der Waals surface area contributed by atoms with Crippen molar-refractivity contribution in [3.05, 3.63) is 0 Å². The number of nitrogens with two attached hydrogens (primary N) is 1. The standard InChI is InChI=1S/C13H24N4O3/c1-3-16-5-4-11-10(8-16)17(6-7-20-11)12(18)9(2)15-13(14)19/h9-11H,3-8H2,1-2H3,(H3,14,15,19)/t9-,10-,11+/m0/s1. The van der Waals surface area contributed by atoms with Crippen LogP contribution in [-0.2, 0) is 9.53 Å². The molecule has 2 saturated heterocycles. The molecule has 3 atom stereocenters. The van der Waals surface area contributed by atoms with Gasteiger partial charge in [0, 0.05) is 19.6 Å². The van der Waals surface area contributed by atoms with Gasteiger partial charge < -0.3 is 25.6 Å². The van der Waals surface area contributed by atoms with E-state index >= 15 is 0 Å². The van der Waals surface area contributed by atoms with Crippen LogP contribution in [0.3, 0.4) is 0 Å². The zero-order valence-electron chi connectivity index (χ0n) is 12.2. The van der Waals surface area contributed by atoms with Gasteiger partial charge in [-0.15, -0.1) is 0 Å². The molecule has 20 heavy (non-hydrogen) atoms. The van der Waals surface area contributed by atoms with Crippen molar-refractivity contribution in [1.82, 2.24) is 15.1 Å². The van der Waals surface area contributed by atoms with Crippen LogP contribution in [-0.4, -0.2) is 72.7 Å². The maximum absolute atomic E-state index is 12.5. The van der Waals surface area contributed by atoms with E-state index in [0.29, 0.717) is 13.2 Å². The van der Waals surface area contributed by atoms with Crippen molar-refractivity contribution in [3.8, 4) is 0 Å². The van der Waals surface area contributed by atoms with Gasteiger partial charge in [-0.05, 0) is 19.9 Å². The smallest absolute Gasteiger partial charge is 0.312 e. The highest BCUT2D eigenvalue weighted by molar-refractivity contribution is 5.86. The Morgan fingerprint density at radius 3 is 2.85 bits per heavy atom. The van der Waals surface area contributed by atoms with Gasteiger partial charge in [0.2, 0.25) is 5.91 Å². The molecule has 3 N–H and O–H groups in total. The molecule has 0 spiro atoms. The number of rotatable bonds is 3. The Balaban J connectivity index is 2.05. The fourth-order valence-electron chi connectivity index (χ4n) is 3.02. The molecular formula is C13H24N4O3. The number of morpholine rings is 1. The van der Waals surface area contributed by atoms with Crippen LogP contribution in [0.5, 0.6) is 0 Å². The number of likely N-dealkylation sites (tertiary alicyclic amines) is 1. The average molecular weight is 284 g/mol. The molecule has 2 rings (SSSR count). The van der Waals surface area contributed by atoms with Crippen LogP contribution < -0.4 is 11.1 Å². The van der Waals surface area contributed by atoms with E-state index in [1.165, 1.54) is 0 Å². The SMILES string of the molecule is CCN1CC[C@H]2OCCN(C(=O)[C@H](C)NC(N)=O)[C@H]2C1. The fourth-order valence-corrected chi connectivity index (χ4v) is 3.02. The molecule has 0 unspecified atom stereocenters. The molecule has 114 valence electrons. The van der Waals surface area contributed by atoms with Gasteiger partial charge >= 0.3 is 6.03 Å². The summed E-state index contributed by atoms with van der Waals surface area (Å²) in [6.07, 6.45) is 1.05. The minimum atomic E-state index is -0.672. The quantitative estimate of drug-likeness (QED) is 0.722. The lowest BCUT2D eigenvalue weighted by molar-refractivity contribution is -0.153. The van der Waals surface area contributed by atoms with Gasteiger partial charge in [0.1, 0.15) is 6.04 Å². The summed E-state index contributed by atoms with van der Waals surface area (Å²) in [5, 5.41) is 2.45. The lowest BCUT2D eigenvalue weighted by atomic mass is 9.98. The number of carbonyl (C=O) groups is 2. The molecule has 0 aliphatic carbocycles. The molecule has 2 fully saturated rings. The number of hydrogen-bond acceptors (Lipinski definition) is 4. The zero-order valence-corrected chi connectivity index (χ0v) is 12.2. The Morgan fingerprint density at radius 1 is 1.45 bits per heavy atom. The Morgan fingerprint density at radius 2 is 2.20 bits per heavy atom. The second-order valence-electron chi connectivity index (χ2n) is 5.42. The summed E-state index contributed by atoms with van der Waals surface area (Å²) in [5.74, 6) is -0.0833. The van der Waals surface area contributed by atoms with Crippen LogP contribution in [0.1, 0.15) is 20.3 Å². The van der Waals surface area contributed by atoms with E-state index in [0.717, 1.165) is 26.1 Å². The molecule has 0 aromatic heterocycles. The molecule has 0 bridgehead atoms. The average Bonchev–Trinajstić information content (AvgIpc) is 2.44. The van der Waals surface area contributed by atoms with Crippen LogP contribution in [0.2, 0.25) is 0 Å². The Hall–Kier alpha value is -1.34. The minimum Gasteiger partial charge on any atom is -0.374 e. The highest BCUT2D eigenvalue weighted by Gasteiger charge is 2.40. The van der Waals surface area contributed by atoms with Gasteiger partial charge in [0.05, 0.1) is 18.8 Å². The van der Waals surface area contributed by atoms with Gasteiger partial charge in [0.25, 0.3) is 0 Å². The maximum atomic E-state index is 12.5. The Bertz CT molecular complexity index is 377. The van der Waals surface area contributed by atoms with Crippen molar-refractivity contribution >= 4 is 11.9 Å².